The summed E-state index contributed by atoms with van der Waals surface area (Å²) in [5, 5.41) is 3.22. The largest absolute Gasteiger partial charge is 0.349 e. The van der Waals surface area contributed by atoms with Crippen molar-refractivity contribution in [3.63, 3.8) is 0 Å². The lowest BCUT2D eigenvalue weighted by Gasteiger charge is -2.24. The molecule has 0 spiro atoms. The number of amides is 1. The van der Waals surface area contributed by atoms with Crippen LogP contribution in [0.4, 0.5) is 0 Å². The number of carbonyl (C=O) groups is 1. The Morgan fingerprint density at radius 3 is 2.58 bits per heavy atom. The van der Waals surface area contributed by atoms with Gasteiger partial charge >= 0.3 is 0 Å². The fourth-order valence-electron chi connectivity index (χ4n) is 3.43. The summed E-state index contributed by atoms with van der Waals surface area (Å²) in [7, 11) is 0. The zero-order valence-electron chi connectivity index (χ0n) is 13.9. The summed E-state index contributed by atoms with van der Waals surface area (Å²) < 4.78 is 0. The third-order valence-corrected chi connectivity index (χ3v) is 4.69. The van der Waals surface area contributed by atoms with Crippen LogP contribution < -0.4 is 5.32 Å². The summed E-state index contributed by atoms with van der Waals surface area (Å²) in [6.07, 6.45) is 11.0. The molecule has 1 saturated carbocycles. The standard InChI is InChI=1S/C21H24N2O/c24-21(14-13-19-12-6-7-15-22-19)23-20(18-10-4-5-11-18)16-17-8-2-1-3-9-17/h1-3,6-9,12-15,18,20H,4-5,10-11,16H2,(H,23,24)/b14-13+. The number of hydrogen-bond donors (Lipinski definition) is 1. The van der Waals surface area contributed by atoms with E-state index in [4.69, 9.17) is 0 Å². The molecule has 3 rings (SSSR count). The predicted molar refractivity (Wildman–Crippen MR) is 97.3 cm³/mol. The van der Waals surface area contributed by atoms with E-state index in [2.05, 4.69) is 34.6 Å². The van der Waals surface area contributed by atoms with Crippen LogP contribution in [-0.2, 0) is 11.2 Å². The second-order valence-electron chi connectivity index (χ2n) is 6.44. The lowest BCUT2D eigenvalue weighted by molar-refractivity contribution is -0.117. The van der Waals surface area contributed by atoms with Gasteiger partial charge in [-0.15, -0.1) is 0 Å². The Hall–Kier alpha value is -2.42. The average Bonchev–Trinajstić information content (AvgIpc) is 3.16. The van der Waals surface area contributed by atoms with Crippen molar-refractivity contribution in [2.24, 2.45) is 5.92 Å². The number of benzene rings is 1. The second-order valence-corrected chi connectivity index (χ2v) is 6.44. The molecule has 124 valence electrons. The van der Waals surface area contributed by atoms with Gasteiger partial charge in [0.15, 0.2) is 0 Å². The van der Waals surface area contributed by atoms with Crippen LogP contribution in [-0.4, -0.2) is 16.9 Å². The van der Waals surface area contributed by atoms with Crippen LogP contribution >= 0.6 is 0 Å². The van der Waals surface area contributed by atoms with E-state index in [9.17, 15) is 4.79 Å². The summed E-state index contributed by atoms with van der Waals surface area (Å²) in [5.41, 5.74) is 2.08. The van der Waals surface area contributed by atoms with E-state index in [0.717, 1.165) is 12.1 Å². The Balaban J connectivity index is 1.64. The summed E-state index contributed by atoms with van der Waals surface area (Å²) in [4.78, 5) is 16.6. The molecule has 3 nitrogen and oxygen atoms in total. The first-order valence-corrected chi connectivity index (χ1v) is 8.75. The number of aromatic nitrogens is 1. The average molecular weight is 320 g/mol. The number of nitrogens with one attached hydrogen (secondary N) is 1. The van der Waals surface area contributed by atoms with Gasteiger partial charge in [-0.05, 0) is 49.0 Å². The molecule has 1 aliphatic carbocycles. The molecule has 24 heavy (non-hydrogen) atoms. The lowest BCUT2D eigenvalue weighted by Crippen LogP contribution is -2.40. The maximum atomic E-state index is 12.3. The van der Waals surface area contributed by atoms with E-state index in [1.54, 1.807) is 18.3 Å². The first-order chi connectivity index (χ1) is 11.8. The van der Waals surface area contributed by atoms with Gasteiger partial charge in [-0.25, -0.2) is 0 Å². The van der Waals surface area contributed by atoms with Gasteiger partial charge in [-0.1, -0.05) is 49.2 Å². The minimum Gasteiger partial charge on any atom is -0.349 e. The summed E-state index contributed by atoms with van der Waals surface area (Å²) in [6.45, 7) is 0. The van der Waals surface area contributed by atoms with Crippen molar-refractivity contribution < 1.29 is 4.79 Å². The third kappa shape index (κ3) is 4.79. The molecule has 0 radical (unpaired) electrons. The van der Waals surface area contributed by atoms with Crippen LogP contribution in [0.25, 0.3) is 6.08 Å². The number of pyridine rings is 1. The molecule has 1 heterocycles. The monoisotopic (exact) mass is 320 g/mol. The summed E-state index contributed by atoms with van der Waals surface area (Å²) in [6, 6.07) is 16.3. The van der Waals surface area contributed by atoms with Gasteiger partial charge in [0, 0.05) is 18.3 Å². The molecule has 0 bridgehead atoms. The molecule has 0 aliphatic heterocycles. The van der Waals surface area contributed by atoms with Crippen molar-refractivity contribution in [3.8, 4) is 0 Å². The molecule has 1 fully saturated rings. The van der Waals surface area contributed by atoms with E-state index in [0.29, 0.717) is 5.92 Å². The molecule has 1 aromatic carbocycles. The highest BCUT2D eigenvalue weighted by atomic mass is 16.1. The Bertz CT molecular complexity index is 661. The minimum atomic E-state index is -0.0338. The fourth-order valence-corrected chi connectivity index (χ4v) is 3.43. The van der Waals surface area contributed by atoms with Gasteiger partial charge in [-0.3, -0.25) is 9.78 Å². The lowest BCUT2D eigenvalue weighted by atomic mass is 9.92. The second kappa shape index (κ2) is 8.44. The van der Waals surface area contributed by atoms with Crippen molar-refractivity contribution in [2.45, 2.75) is 38.1 Å². The SMILES string of the molecule is O=C(/C=C/c1ccccn1)NC(Cc1ccccc1)C1CCCC1. The normalized spacial score (nSPS) is 16.3. The molecule has 1 aliphatic rings. The number of carbonyl (C=O) groups excluding carboxylic acids is 1. The van der Waals surface area contributed by atoms with Crippen LogP contribution in [0.2, 0.25) is 0 Å². The van der Waals surface area contributed by atoms with Crippen molar-refractivity contribution in [2.75, 3.05) is 0 Å². The highest BCUT2D eigenvalue weighted by molar-refractivity contribution is 5.91. The Morgan fingerprint density at radius 2 is 1.88 bits per heavy atom. The van der Waals surface area contributed by atoms with E-state index in [1.807, 2.05) is 24.3 Å². The zero-order valence-corrected chi connectivity index (χ0v) is 13.9. The maximum Gasteiger partial charge on any atom is 0.244 e. The molecule has 1 unspecified atom stereocenters. The third-order valence-electron chi connectivity index (χ3n) is 4.69. The molecule has 1 amide bonds. The van der Waals surface area contributed by atoms with Gasteiger partial charge < -0.3 is 5.32 Å². The summed E-state index contributed by atoms with van der Waals surface area (Å²) >= 11 is 0. The molecular formula is C21H24N2O. The molecule has 1 aromatic heterocycles. The van der Waals surface area contributed by atoms with Crippen molar-refractivity contribution in [1.29, 1.82) is 0 Å². The quantitative estimate of drug-likeness (QED) is 0.817. The van der Waals surface area contributed by atoms with Gasteiger partial charge in [0.2, 0.25) is 5.91 Å². The molecule has 1 atom stereocenters. The van der Waals surface area contributed by atoms with Crippen molar-refractivity contribution in [1.82, 2.24) is 10.3 Å². The van der Waals surface area contributed by atoms with Crippen molar-refractivity contribution >= 4 is 12.0 Å². The van der Waals surface area contributed by atoms with Crippen molar-refractivity contribution in [3.05, 3.63) is 72.1 Å². The Labute approximate surface area is 143 Å². The number of hydrogen-bond acceptors (Lipinski definition) is 2. The highest BCUT2D eigenvalue weighted by Gasteiger charge is 2.26. The van der Waals surface area contributed by atoms with Gasteiger partial charge in [0.1, 0.15) is 0 Å². The highest BCUT2D eigenvalue weighted by Crippen LogP contribution is 2.29. The summed E-state index contributed by atoms with van der Waals surface area (Å²) in [5.74, 6) is 0.547. The number of rotatable bonds is 6. The van der Waals surface area contributed by atoms with Crippen LogP contribution in [0.15, 0.2) is 60.8 Å². The molecule has 2 aromatic rings. The smallest absolute Gasteiger partial charge is 0.244 e. The Morgan fingerprint density at radius 1 is 1.12 bits per heavy atom. The van der Waals surface area contributed by atoms with Gasteiger partial charge in [0.25, 0.3) is 0 Å². The molecule has 1 N–H and O–H groups in total. The van der Waals surface area contributed by atoms with Crippen LogP contribution in [0, 0.1) is 5.92 Å². The van der Waals surface area contributed by atoms with E-state index >= 15 is 0 Å². The van der Waals surface area contributed by atoms with E-state index in [1.165, 1.54) is 31.2 Å². The number of nitrogens with zero attached hydrogens (tertiary/aromatic N) is 1. The molecule has 3 heteroatoms. The minimum absolute atomic E-state index is 0.0338. The first-order valence-electron chi connectivity index (χ1n) is 8.75. The first kappa shape index (κ1) is 16.4. The van der Waals surface area contributed by atoms with Gasteiger partial charge in [-0.2, -0.15) is 0 Å². The van der Waals surface area contributed by atoms with E-state index in [-0.39, 0.29) is 11.9 Å². The van der Waals surface area contributed by atoms with Gasteiger partial charge in [0.05, 0.1) is 5.69 Å². The topological polar surface area (TPSA) is 42.0 Å². The fraction of sp³-hybridized carbons (Fsp3) is 0.333. The van der Waals surface area contributed by atoms with Crippen LogP contribution in [0.5, 0.6) is 0 Å². The predicted octanol–water partition coefficient (Wildman–Crippen LogP) is 4.01. The molecular weight excluding hydrogens is 296 g/mol. The zero-order chi connectivity index (χ0) is 16.6. The van der Waals surface area contributed by atoms with Crippen LogP contribution in [0.1, 0.15) is 36.9 Å². The van der Waals surface area contributed by atoms with Crippen LogP contribution in [0.3, 0.4) is 0 Å². The maximum absolute atomic E-state index is 12.3. The molecule has 0 saturated heterocycles. The Kier molecular flexibility index (Phi) is 5.78. The van der Waals surface area contributed by atoms with E-state index < -0.39 is 0 Å².